The van der Waals surface area contributed by atoms with Crippen LogP contribution < -0.4 is 152 Å². The van der Waals surface area contributed by atoms with E-state index in [1.807, 2.05) is 11.3 Å². The van der Waals surface area contributed by atoms with Crippen LogP contribution in [0.15, 0.2) is 48.5 Å². The summed E-state index contributed by atoms with van der Waals surface area (Å²) in [6.07, 6.45) is 0. The lowest BCUT2D eigenvalue weighted by molar-refractivity contribution is 1.34. The van der Waals surface area contributed by atoms with E-state index in [9.17, 15) is 0 Å². The first-order chi connectivity index (χ1) is 38.9. The molecule has 0 aliphatic carbocycles. The zero-order valence-corrected chi connectivity index (χ0v) is 56.3. The largest absolute Gasteiger partial charge is 0.311 e. The molecule has 11 aromatic rings. The molecule has 0 saturated heterocycles. The second-order valence-corrected chi connectivity index (χ2v) is 27.2. The van der Waals surface area contributed by atoms with Gasteiger partial charge in [-0.1, -0.05) is 123 Å². The van der Waals surface area contributed by atoms with Crippen LogP contribution in [0.25, 0.3) is 85.9 Å². The topological polar surface area (TPSA) is 3.24 Å². The number of anilines is 3. The van der Waals surface area contributed by atoms with E-state index < -0.39 is 0 Å². The Balaban J connectivity index is 1.34. The maximum atomic E-state index is 2.74. The van der Waals surface area contributed by atoms with Gasteiger partial charge in [-0.05, 0) is 94.7 Å². The Hall–Kier alpha value is -5.25. The van der Waals surface area contributed by atoms with Crippen LogP contribution in [0.2, 0.25) is 0 Å². The molecular formula is C54H62B27NS. The predicted molar refractivity (Wildman–Crippen MR) is 464 cm³/mol. The SMILES string of the molecule is Bc1cc2c(-c3c(B)c(B)c(B)c4c(B)c(B)c(B)cc34)c(B)c(B)c(N(c3cc(-c4c(B)c(B)c(B)c(B)c4B)c4cc(B)c(B)c(B)c4c3)c3cc(B)c4c(sc5c(B)cc(-c6c(B)c(B)c(B)c(B)c6B)c(B)c54)c3B)c2cc1B. The van der Waals surface area contributed by atoms with Crippen molar-refractivity contribution in [2.24, 2.45) is 0 Å². The summed E-state index contributed by atoms with van der Waals surface area (Å²) < 4.78 is 2.76. The number of rotatable bonds is 6. The Morgan fingerprint density at radius 2 is 0.663 bits per heavy atom. The second-order valence-electron chi connectivity index (χ2n) is 26.2. The van der Waals surface area contributed by atoms with Crippen molar-refractivity contribution < 1.29 is 0 Å². The highest BCUT2D eigenvalue weighted by Crippen LogP contribution is 2.44. The number of fused-ring (bicyclic) bond motifs is 6. The molecule has 1 aromatic heterocycles. The Morgan fingerprint density at radius 1 is 0.229 bits per heavy atom. The number of hydrogen-bond acceptors (Lipinski definition) is 2. The molecule has 0 amide bonds. The van der Waals surface area contributed by atoms with Crippen molar-refractivity contribution in [2.75, 3.05) is 4.90 Å². The average molecular weight is 1050 g/mol. The van der Waals surface area contributed by atoms with Gasteiger partial charge in [0.2, 0.25) is 0 Å². The lowest BCUT2D eigenvalue weighted by Gasteiger charge is -2.34. The molecule has 10 aromatic carbocycles. The van der Waals surface area contributed by atoms with Crippen LogP contribution in [0.3, 0.4) is 0 Å². The van der Waals surface area contributed by atoms with Crippen molar-refractivity contribution in [3.63, 3.8) is 0 Å². The molecule has 0 bridgehead atoms. The number of nitrogens with zero attached hydrogens (tertiary/aromatic N) is 1. The van der Waals surface area contributed by atoms with Gasteiger partial charge in [0.1, 0.15) is 212 Å². The summed E-state index contributed by atoms with van der Waals surface area (Å²) in [5, 5.41) is 10.8. The van der Waals surface area contributed by atoms with Crippen LogP contribution in [-0.4, -0.2) is 212 Å². The summed E-state index contributed by atoms with van der Waals surface area (Å²) in [6.45, 7) is 0. The fourth-order valence-electron chi connectivity index (χ4n) is 15.2. The van der Waals surface area contributed by atoms with Gasteiger partial charge in [0.25, 0.3) is 0 Å². The third kappa shape index (κ3) is 8.64. The van der Waals surface area contributed by atoms with Gasteiger partial charge < -0.3 is 4.90 Å². The van der Waals surface area contributed by atoms with Gasteiger partial charge in [0.15, 0.2) is 0 Å². The smallest absolute Gasteiger partial charge is 0.143 e. The molecule has 1 heterocycles. The van der Waals surface area contributed by atoms with Gasteiger partial charge in [-0.2, -0.15) is 0 Å². The summed E-state index contributed by atoms with van der Waals surface area (Å²) in [7, 11) is 63.4. The third-order valence-electron chi connectivity index (χ3n) is 22.2. The molecule has 0 aliphatic heterocycles. The summed E-state index contributed by atoms with van der Waals surface area (Å²) in [5.74, 6) is 0. The highest BCUT2D eigenvalue weighted by Gasteiger charge is 2.30. The molecule has 0 unspecified atom stereocenters. The lowest BCUT2D eigenvalue weighted by atomic mass is 9.59. The van der Waals surface area contributed by atoms with Crippen LogP contribution >= 0.6 is 11.3 Å². The molecule has 0 N–H and O–H groups in total. The van der Waals surface area contributed by atoms with Crippen LogP contribution in [0.1, 0.15) is 0 Å². The molecule has 11 rings (SSSR count). The number of thiophene rings is 1. The van der Waals surface area contributed by atoms with E-state index in [0.29, 0.717) is 0 Å². The van der Waals surface area contributed by atoms with E-state index in [4.69, 9.17) is 0 Å². The molecule has 0 spiro atoms. The van der Waals surface area contributed by atoms with Crippen LogP contribution in [-0.2, 0) is 0 Å². The van der Waals surface area contributed by atoms with Gasteiger partial charge in [0, 0.05) is 31.8 Å². The maximum absolute atomic E-state index is 2.74. The minimum absolute atomic E-state index is 1.19. The standard InChI is InChI=1S/C54H62B27NS/c55-17-4-12-14(5-18(17)56)52(51(81)37(67)24(12)25-15-6-21(59)34(64)38(68)27(15)41(71)44(74)36(25)66)82(9-1-11(10-3-20(58)33(63)32(62)13(10)2-9)26-39(69)45(75)49(79)46(76)40(26)70)23-8-19(57)29-30-31(61)16(7-22(60)53(30)83-54(29)35(23)65)28-42(72)47(77)50(80)48(78)43(28)73/h1-8H,55-81H2. The zero-order chi connectivity index (χ0) is 60.5. The molecule has 0 radical (unpaired) electrons. The van der Waals surface area contributed by atoms with Crippen LogP contribution in [0, 0.1) is 0 Å². The first-order valence-electron chi connectivity index (χ1n) is 30.4. The highest BCUT2D eigenvalue weighted by atomic mass is 32.1. The zero-order valence-electron chi connectivity index (χ0n) is 55.5. The first kappa shape index (κ1) is 59.5. The van der Waals surface area contributed by atoms with Crippen molar-refractivity contribution >= 4 is 440 Å². The lowest BCUT2D eigenvalue weighted by Crippen LogP contribution is -2.55. The normalized spacial score (nSPS) is 11.7. The third-order valence-corrected chi connectivity index (χ3v) is 23.7. The molecule has 83 heavy (non-hydrogen) atoms. The summed E-state index contributed by atoms with van der Waals surface area (Å²) in [5.41, 5.74) is 48.6. The molecule has 0 aliphatic rings. The molecule has 0 saturated carbocycles. The van der Waals surface area contributed by atoms with Crippen LogP contribution in [0.4, 0.5) is 17.1 Å². The molecule has 0 atom stereocenters. The van der Waals surface area contributed by atoms with Crippen molar-refractivity contribution in [1.29, 1.82) is 0 Å². The quantitative estimate of drug-likeness (QED) is 0.150. The van der Waals surface area contributed by atoms with E-state index in [1.165, 1.54) is 250 Å². The fourth-order valence-corrected chi connectivity index (χ4v) is 16.6. The van der Waals surface area contributed by atoms with E-state index in [-0.39, 0.29) is 0 Å². The van der Waals surface area contributed by atoms with E-state index in [2.05, 4.69) is 265 Å². The maximum Gasteiger partial charge on any atom is 0.143 e. The van der Waals surface area contributed by atoms with Gasteiger partial charge in [0.05, 0.1) is 0 Å². The van der Waals surface area contributed by atoms with Crippen molar-refractivity contribution in [3.8, 4) is 33.4 Å². The highest BCUT2D eigenvalue weighted by molar-refractivity contribution is 7.28. The Kier molecular flexibility index (Phi) is 15.1. The van der Waals surface area contributed by atoms with Crippen LogP contribution in [0.5, 0.6) is 0 Å². The molecule has 29 heteroatoms. The summed E-state index contributed by atoms with van der Waals surface area (Å²) in [4.78, 5) is 2.74. The van der Waals surface area contributed by atoms with E-state index >= 15 is 0 Å². The Morgan fingerprint density at radius 3 is 1.23 bits per heavy atom. The summed E-state index contributed by atoms with van der Waals surface area (Å²) >= 11 is 2.00. The summed E-state index contributed by atoms with van der Waals surface area (Å²) in [6, 6.07) is 20.3. The van der Waals surface area contributed by atoms with Gasteiger partial charge in [-0.15, -0.1) is 60.5 Å². The Labute approximate surface area is 523 Å². The fraction of sp³-hybridized carbons (Fsp3) is 0. The minimum atomic E-state index is 1.19. The van der Waals surface area contributed by atoms with Crippen molar-refractivity contribution in [1.82, 2.24) is 0 Å². The second kappa shape index (κ2) is 21.0. The predicted octanol–water partition coefficient (Wildman–Crippen LogP) is -31.0. The van der Waals surface area contributed by atoms with E-state index in [0.717, 1.165) is 0 Å². The minimum Gasteiger partial charge on any atom is -0.311 e. The number of benzene rings is 10. The molecule has 0 fully saturated rings. The first-order valence-corrected chi connectivity index (χ1v) is 31.3. The average Bonchev–Trinajstić information content (AvgIpc) is 3.92. The van der Waals surface area contributed by atoms with Gasteiger partial charge >= 0.3 is 0 Å². The van der Waals surface area contributed by atoms with Crippen molar-refractivity contribution in [2.45, 2.75) is 0 Å². The molecule has 1 nitrogen and oxygen atoms in total. The van der Waals surface area contributed by atoms with E-state index in [1.54, 1.807) is 0 Å². The molecular weight excluding hydrogens is 987 g/mol. The number of hydrogen-bond donors (Lipinski definition) is 0. The van der Waals surface area contributed by atoms with Crippen molar-refractivity contribution in [3.05, 3.63) is 48.5 Å². The van der Waals surface area contributed by atoms with Gasteiger partial charge in [-0.3, -0.25) is 0 Å². The Bertz CT molecular complexity index is 4780. The van der Waals surface area contributed by atoms with Gasteiger partial charge in [-0.25, -0.2) is 0 Å². The molecule has 370 valence electrons. The monoisotopic (exact) mass is 1050 g/mol.